The standard InChI is InChI=1S/C16H21N3O2/c1-11(2)16(13-7-5-4-6-8-13)17-10-15(20)18-14-9-12(3)21-19-14/h4-9,11,16-17H,10H2,1-3H3,(H,18,19,20)/p+1/t16-/m1/s1. The van der Waals surface area contributed by atoms with Crippen LogP contribution in [0.15, 0.2) is 40.9 Å². The molecule has 1 heterocycles. The molecule has 0 saturated heterocycles. The number of nitrogens with zero attached hydrogens (tertiary/aromatic N) is 1. The highest BCUT2D eigenvalue weighted by molar-refractivity contribution is 5.90. The van der Waals surface area contributed by atoms with Gasteiger partial charge in [0.25, 0.3) is 5.91 Å². The topological polar surface area (TPSA) is 71.7 Å². The predicted molar refractivity (Wildman–Crippen MR) is 80.7 cm³/mol. The first-order valence-electron chi connectivity index (χ1n) is 7.17. The normalized spacial score (nSPS) is 12.4. The molecule has 1 amide bonds. The molecule has 3 N–H and O–H groups in total. The van der Waals surface area contributed by atoms with Crippen LogP contribution in [-0.4, -0.2) is 17.6 Å². The van der Waals surface area contributed by atoms with Gasteiger partial charge in [0.15, 0.2) is 12.4 Å². The summed E-state index contributed by atoms with van der Waals surface area (Å²) in [6.45, 7) is 6.46. The maximum atomic E-state index is 12.0. The molecule has 5 nitrogen and oxygen atoms in total. The first-order valence-corrected chi connectivity index (χ1v) is 7.17. The molecule has 0 spiro atoms. The van der Waals surface area contributed by atoms with Gasteiger partial charge in [0.05, 0.1) is 0 Å². The number of aromatic nitrogens is 1. The third-order valence-electron chi connectivity index (χ3n) is 3.36. The van der Waals surface area contributed by atoms with E-state index in [1.165, 1.54) is 5.56 Å². The molecule has 0 unspecified atom stereocenters. The first-order chi connectivity index (χ1) is 10.1. The summed E-state index contributed by atoms with van der Waals surface area (Å²) in [5.74, 6) is 1.50. The quantitative estimate of drug-likeness (QED) is 0.852. The van der Waals surface area contributed by atoms with Gasteiger partial charge in [0.1, 0.15) is 11.8 Å². The lowest BCUT2D eigenvalue weighted by atomic mass is 9.96. The zero-order valence-corrected chi connectivity index (χ0v) is 12.7. The van der Waals surface area contributed by atoms with Crippen LogP contribution < -0.4 is 10.6 Å². The molecule has 0 aliphatic heterocycles. The molecule has 5 heteroatoms. The van der Waals surface area contributed by atoms with Gasteiger partial charge in [0, 0.05) is 17.5 Å². The number of anilines is 1. The molecular weight excluding hydrogens is 266 g/mol. The van der Waals surface area contributed by atoms with E-state index in [1.54, 1.807) is 13.0 Å². The predicted octanol–water partition coefficient (Wildman–Crippen LogP) is 1.88. The molecule has 0 radical (unpaired) electrons. The van der Waals surface area contributed by atoms with Crippen LogP contribution in [0.1, 0.15) is 31.2 Å². The van der Waals surface area contributed by atoms with Crippen molar-refractivity contribution in [3.63, 3.8) is 0 Å². The van der Waals surface area contributed by atoms with Crippen LogP contribution in [0.5, 0.6) is 0 Å². The average molecular weight is 288 g/mol. The molecular formula is C16H22N3O2+. The number of nitrogens with one attached hydrogen (secondary N) is 1. The minimum absolute atomic E-state index is 0.0788. The number of hydrogen-bond donors (Lipinski definition) is 2. The van der Waals surface area contributed by atoms with Crippen LogP contribution in [0.25, 0.3) is 0 Å². The molecule has 112 valence electrons. The van der Waals surface area contributed by atoms with Crippen molar-refractivity contribution in [2.45, 2.75) is 26.8 Å². The number of carbonyl (C=O) groups is 1. The summed E-state index contributed by atoms with van der Waals surface area (Å²) < 4.78 is 4.92. The number of hydrogen-bond acceptors (Lipinski definition) is 3. The summed E-state index contributed by atoms with van der Waals surface area (Å²) in [7, 11) is 0. The van der Waals surface area contributed by atoms with E-state index in [9.17, 15) is 4.79 Å². The van der Waals surface area contributed by atoms with Crippen LogP contribution in [-0.2, 0) is 4.79 Å². The smallest absolute Gasteiger partial charge is 0.280 e. The van der Waals surface area contributed by atoms with E-state index in [1.807, 2.05) is 18.2 Å². The summed E-state index contributed by atoms with van der Waals surface area (Å²) in [4.78, 5) is 12.0. The minimum Gasteiger partial charge on any atom is -0.360 e. The lowest BCUT2D eigenvalue weighted by Gasteiger charge is -2.19. The van der Waals surface area contributed by atoms with Gasteiger partial charge in [-0.05, 0) is 6.92 Å². The fourth-order valence-electron chi connectivity index (χ4n) is 2.32. The maximum Gasteiger partial charge on any atom is 0.280 e. The lowest BCUT2D eigenvalue weighted by Crippen LogP contribution is -2.88. The van der Waals surface area contributed by atoms with Crippen LogP contribution in [0.3, 0.4) is 0 Å². The van der Waals surface area contributed by atoms with Crippen molar-refractivity contribution in [3.8, 4) is 0 Å². The van der Waals surface area contributed by atoms with Gasteiger partial charge in [0.2, 0.25) is 0 Å². The number of rotatable bonds is 6. The zero-order chi connectivity index (χ0) is 15.2. The summed E-state index contributed by atoms with van der Waals surface area (Å²) in [5, 5.41) is 8.55. The Labute approximate surface area is 124 Å². The summed E-state index contributed by atoms with van der Waals surface area (Å²) in [6.07, 6.45) is 0. The summed E-state index contributed by atoms with van der Waals surface area (Å²) in [6, 6.07) is 12.2. The SMILES string of the molecule is Cc1cc(NC(=O)C[NH2+][C@@H](c2ccccc2)C(C)C)no1. The third kappa shape index (κ3) is 4.43. The summed E-state index contributed by atoms with van der Waals surface area (Å²) in [5.41, 5.74) is 1.23. The fourth-order valence-corrected chi connectivity index (χ4v) is 2.32. The van der Waals surface area contributed by atoms with Gasteiger partial charge in [-0.1, -0.05) is 49.3 Å². The molecule has 0 bridgehead atoms. The molecule has 1 aromatic carbocycles. The van der Waals surface area contributed by atoms with E-state index in [0.29, 0.717) is 24.0 Å². The molecule has 0 saturated carbocycles. The van der Waals surface area contributed by atoms with Crippen LogP contribution in [0.2, 0.25) is 0 Å². The van der Waals surface area contributed by atoms with Crippen molar-refractivity contribution in [1.82, 2.24) is 5.16 Å². The maximum absolute atomic E-state index is 12.0. The van der Waals surface area contributed by atoms with Crippen LogP contribution in [0, 0.1) is 12.8 Å². The van der Waals surface area contributed by atoms with Crippen molar-refractivity contribution in [2.75, 3.05) is 11.9 Å². The monoisotopic (exact) mass is 288 g/mol. The molecule has 2 aromatic rings. The molecule has 0 fully saturated rings. The van der Waals surface area contributed by atoms with Gasteiger partial charge in [-0.2, -0.15) is 0 Å². The van der Waals surface area contributed by atoms with E-state index < -0.39 is 0 Å². The van der Waals surface area contributed by atoms with Gasteiger partial charge in [-0.25, -0.2) is 0 Å². The Morgan fingerprint density at radius 3 is 2.62 bits per heavy atom. The molecule has 0 aliphatic carbocycles. The molecule has 2 rings (SSSR count). The van der Waals surface area contributed by atoms with Crippen molar-refractivity contribution in [2.24, 2.45) is 5.92 Å². The second kappa shape index (κ2) is 7.04. The Kier molecular flexibility index (Phi) is 5.11. The van der Waals surface area contributed by atoms with Crippen LogP contribution >= 0.6 is 0 Å². The zero-order valence-electron chi connectivity index (χ0n) is 12.7. The Hall–Kier alpha value is -2.14. The fraction of sp³-hybridized carbons (Fsp3) is 0.375. The number of aryl methyl sites for hydroxylation is 1. The van der Waals surface area contributed by atoms with E-state index in [0.717, 1.165) is 0 Å². The highest BCUT2D eigenvalue weighted by atomic mass is 16.5. The average Bonchev–Trinajstić information content (AvgIpc) is 2.85. The van der Waals surface area contributed by atoms with Gasteiger partial charge >= 0.3 is 0 Å². The Balaban J connectivity index is 1.91. The lowest BCUT2D eigenvalue weighted by molar-refractivity contribution is -0.692. The van der Waals surface area contributed by atoms with Crippen LogP contribution in [0.4, 0.5) is 5.82 Å². The molecule has 1 aromatic heterocycles. The third-order valence-corrected chi connectivity index (χ3v) is 3.36. The Bertz CT molecular complexity index is 578. The number of benzene rings is 1. The van der Waals surface area contributed by atoms with Gasteiger partial charge < -0.3 is 15.2 Å². The van der Waals surface area contributed by atoms with Crippen molar-refractivity contribution >= 4 is 11.7 Å². The first kappa shape index (κ1) is 15.3. The number of quaternary nitrogens is 1. The Morgan fingerprint density at radius 2 is 2.05 bits per heavy atom. The van der Waals surface area contributed by atoms with Gasteiger partial charge in [-0.3, -0.25) is 4.79 Å². The van der Waals surface area contributed by atoms with E-state index >= 15 is 0 Å². The number of carbonyl (C=O) groups excluding carboxylic acids is 1. The van der Waals surface area contributed by atoms with Crippen molar-refractivity contribution in [3.05, 3.63) is 47.7 Å². The molecule has 21 heavy (non-hydrogen) atoms. The van der Waals surface area contributed by atoms with Crippen molar-refractivity contribution < 1.29 is 14.6 Å². The van der Waals surface area contributed by atoms with E-state index in [-0.39, 0.29) is 11.9 Å². The van der Waals surface area contributed by atoms with Gasteiger partial charge in [-0.15, -0.1) is 0 Å². The van der Waals surface area contributed by atoms with E-state index in [2.05, 4.69) is 41.8 Å². The highest BCUT2D eigenvalue weighted by Gasteiger charge is 2.20. The van der Waals surface area contributed by atoms with Crippen molar-refractivity contribution in [1.29, 1.82) is 0 Å². The number of nitrogens with two attached hydrogens (primary N) is 1. The highest BCUT2D eigenvalue weighted by Crippen LogP contribution is 2.16. The second-order valence-electron chi connectivity index (χ2n) is 5.49. The summed E-state index contributed by atoms with van der Waals surface area (Å²) >= 11 is 0. The number of amides is 1. The second-order valence-corrected chi connectivity index (χ2v) is 5.49. The Morgan fingerprint density at radius 1 is 1.33 bits per heavy atom. The largest absolute Gasteiger partial charge is 0.360 e. The van der Waals surface area contributed by atoms with E-state index in [4.69, 9.17) is 4.52 Å². The molecule has 0 aliphatic rings. The molecule has 1 atom stereocenters. The minimum atomic E-state index is -0.0788.